The molecule has 2 aliphatic rings. The molecule has 0 aliphatic carbocycles. The Morgan fingerprint density at radius 2 is 2.12 bits per heavy atom. The van der Waals surface area contributed by atoms with Crippen LogP contribution in [0, 0.1) is 5.82 Å². The van der Waals surface area contributed by atoms with Gasteiger partial charge in [-0.2, -0.15) is 0 Å². The molecule has 9 heteroatoms. The van der Waals surface area contributed by atoms with E-state index in [2.05, 4.69) is 15.3 Å². The Hall–Kier alpha value is -2.19. The number of hydrogen-bond acceptors (Lipinski definition) is 6. The number of nitrogens with one attached hydrogen (secondary N) is 1. The zero-order valence-electron chi connectivity index (χ0n) is 13.2. The van der Waals surface area contributed by atoms with E-state index in [0.29, 0.717) is 42.2 Å². The van der Waals surface area contributed by atoms with E-state index in [1.165, 1.54) is 17.4 Å². The number of halogens is 2. The van der Waals surface area contributed by atoms with E-state index < -0.39 is 5.66 Å². The van der Waals surface area contributed by atoms with Gasteiger partial charge in [0.2, 0.25) is 0 Å². The number of benzene rings is 1. The lowest BCUT2D eigenvalue weighted by molar-refractivity contribution is 0.0685. The molecule has 2 aromatic rings. The van der Waals surface area contributed by atoms with Crippen molar-refractivity contribution in [2.75, 3.05) is 18.4 Å². The third-order valence-corrected chi connectivity index (χ3v) is 5.23. The second-order valence-electron chi connectivity index (χ2n) is 5.95. The smallest absolute Gasteiger partial charge is 0.282 e. The summed E-state index contributed by atoms with van der Waals surface area (Å²) in [5.74, 6) is -0.229. The molecule has 1 aromatic carbocycles. The number of amides is 1. The topological polar surface area (TPSA) is 83.6 Å². The zero-order valence-corrected chi connectivity index (χ0v) is 14.9. The molecule has 1 aromatic heterocycles. The van der Waals surface area contributed by atoms with E-state index in [-0.39, 0.29) is 30.0 Å². The molecule has 1 fully saturated rings. The van der Waals surface area contributed by atoms with Crippen molar-refractivity contribution in [1.82, 2.24) is 9.88 Å². The van der Waals surface area contributed by atoms with Gasteiger partial charge in [0.05, 0.1) is 5.56 Å². The SMILES string of the molecule is Cl.NC1=NC2(CCN(C(=O)c3nccs3)CC2)Nc2cccc(F)c21. The minimum Gasteiger partial charge on any atom is -0.383 e. The molecule has 1 amide bonds. The maximum absolute atomic E-state index is 13.9. The van der Waals surface area contributed by atoms with E-state index >= 15 is 0 Å². The monoisotopic (exact) mass is 381 g/mol. The van der Waals surface area contributed by atoms with Crippen LogP contribution in [0.3, 0.4) is 0 Å². The van der Waals surface area contributed by atoms with Gasteiger partial charge in [-0.05, 0) is 12.1 Å². The third-order valence-electron chi connectivity index (χ3n) is 4.46. The first kappa shape index (κ1) is 17.6. The lowest BCUT2D eigenvalue weighted by Gasteiger charge is -2.42. The molecule has 6 nitrogen and oxygen atoms in total. The summed E-state index contributed by atoms with van der Waals surface area (Å²) in [6, 6.07) is 4.82. The predicted octanol–water partition coefficient (Wildman–Crippen LogP) is 2.47. The second-order valence-corrected chi connectivity index (χ2v) is 6.84. The Morgan fingerprint density at radius 1 is 1.36 bits per heavy atom. The number of carbonyl (C=O) groups excluding carboxylic acids is 1. The van der Waals surface area contributed by atoms with Crippen molar-refractivity contribution in [2.24, 2.45) is 10.7 Å². The maximum atomic E-state index is 13.9. The standard InChI is InChI=1S/C16H16FN5OS.ClH/c17-10-2-1-3-11-12(10)13(18)21-16(20-11)4-7-22(8-5-16)15(23)14-19-6-9-24-14;/h1-3,6,9,20H,4-5,7-8H2,(H2,18,21);1H. The van der Waals surface area contributed by atoms with Crippen LogP contribution in [0.5, 0.6) is 0 Å². The average molecular weight is 382 g/mol. The van der Waals surface area contributed by atoms with Gasteiger partial charge in [0, 0.05) is 43.2 Å². The quantitative estimate of drug-likeness (QED) is 0.794. The fourth-order valence-electron chi connectivity index (χ4n) is 3.23. The molecule has 1 spiro atoms. The largest absolute Gasteiger partial charge is 0.383 e. The van der Waals surface area contributed by atoms with Crippen molar-refractivity contribution in [3.63, 3.8) is 0 Å². The van der Waals surface area contributed by atoms with Crippen molar-refractivity contribution >= 4 is 41.2 Å². The highest BCUT2D eigenvalue weighted by atomic mass is 35.5. The van der Waals surface area contributed by atoms with E-state index in [1.54, 1.807) is 28.6 Å². The first-order valence-electron chi connectivity index (χ1n) is 7.69. The molecule has 2 aliphatic heterocycles. The Labute approximate surface area is 154 Å². The van der Waals surface area contributed by atoms with Crippen LogP contribution in [0.1, 0.15) is 28.2 Å². The van der Waals surface area contributed by atoms with E-state index in [0.717, 1.165) is 0 Å². The number of rotatable bonds is 1. The first-order chi connectivity index (χ1) is 11.6. The molecule has 1 saturated heterocycles. The number of nitrogens with two attached hydrogens (primary N) is 1. The molecule has 0 bridgehead atoms. The molecule has 25 heavy (non-hydrogen) atoms. The number of thiazole rings is 1. The molecular weight excluding hydrogens is 365 g/mol. The van der Waals surface area contributed by atoms with Gasteiger partial charge < -0.3 is 16.0 Å². The van der Waals surface area contributed by atoms with Crippen molar-refractivity contribution in [3.8, 4) is 0 Å². The molecule has 0 atom stereocenters. The van der Waals surface area contributed by atoms with E-state index in [4.69, 9.17) is 5.73 Å². The number of anilines is 1. The van der Waals surface area contributed by atoms with Gasteiger partial charge in [-0.15, -0.1) is 23.7 Å². The summed E-state index contributed by atoms with van der Waals surface area (Å²) in [4.78, 5) is 22.8. The minimum absolute atomic E-state index is 0. The van der Waals surface area contributed by atoms with Crippen molar-refractivity contribution < 1.29 is 9.18 Å². The minimum atomic E-state index is -0.579. The van der Waals surface area contributed by atoms with E-state index in [1.807, 2.05) is 0 Å². The third kappa shape index (κ3) is 3.07. The number of piperidine rings is 1. The lowest BCUT2D eigenvalue weighted by Crippen LogP contribution is -2.52. The first-order valence-corrected chi connectivity index (χ1v) is 8.57. The van der Waals surface area contributed by atoms with Gasteiger partial charge in [-0.1, -0.05) is 6.07 Å². The molecular formula is C16H17ClFN5OS. The van der Waals surface area contributed by atoms with Crippen LogP contribution < -0.4 is 11.1 Å². The van der Waals surface area contributed by atoms with Crippen LogP contribution in [-0.2, 0) is 0 Å². The molecule has 132 valence electrons. The number of aliphatic imine (C=N–C) groups is 1. The van der Waals surface area contributed by atoms with Crippen LogP contribution in [0.4, 0.5) is 10.1 Å². The number of amidine groups is 1. The summed E-state index contributed by atoms with van der Waals surface area (Å²) in [6.45, 7) is 1.10. The van der Waals surface area contributed by atoms with Gasteiger partial charge in [-0.25, -0.2) is 14.4 Å². The zero-order chi connectivity index (χ0) is 16.7. The summed E-state index contributed by atoms with van der Waals surface area (Å²) in [6.07, 6.45) is 2.85. The summed E-state index contributed by atoms with van der Waals surface area (Å²) in [5.41, 5.74) is 6.40. The van der Waals surface area contributed by atoms with Gasteiger partial charge in [-0.3, -0.25) is 4.79 Å². The van der Waals surface area contributed by atoms with E-state index in [9.17, 15) is 9.18 Å². The Balaban J connectivity index is 0.00000182. The van der Waals surface area contributed by atoms with Gasteiger partial charge in [0.25, 0.3) is 5.91 Å². The molecule has 0 saturated carbocycles. The number of hydrogen-bond donors (Lipinski definition) is 2. The molecule has 0 unspecified atom stereocenters. The van der Waals surface area contributed by atoms with Crippen LogP contribution in [0.25, 0.3) is 0 Å². The highest BCUT2D eigenvalue weighted by molar-refractivity contribution is 7.11. The number of aromatic nitrogens is 1. The van der Waals surface area contributed by atoms with Gasteiger partial charge in [0.15, 0.2) is 5.01 Å². The Morgan fingerprint density at radius 3 is 2.80 bits per heavy atom. The van der Waals surface area contributed by atoms with Crippen molar-refractivity contribution in [3.05, 3.63) is 46.2 Å². The molecule has 0 radical (unpaired) electrons. The average Bonchev–Trinajstić information content (AvgIpc) is 3.09. The number of nitrogens with zero attached hydrogens (tertiary/aromatic N) is 3. The fourth-order valence-corrected chi connectivity index (χ4v) is 3.84. The van der Waals surface area contributed by atoms with Gasteiger partial charge >= 0.3 is 0 Å². The highest BCUT2D eigenvalue weighted by Crippen LogP contribution is 2.35. The second kappa shape index (κ2) is 6.61. The number of fused-ring (bicyclic) bond motifs is 1. The van der Waals surface area contributed by atoms with Crippen LogP contribution >= 0.6 is 23.7 Å². The Kier molecular flexibility index (Phi) is 4.66. The number of carbonyl (C=O) groups is 1. The highest BCUT2D eigenvalue weighted by Gasteiger charge is 2.39. The van der Waals surface area contributed by atoms with Crippen molar-refractivity contribution in [1.29, 1.82) is 0 Å². The maximum Gasteiger partial charge on any atom is 0.282 e. The summed E-state index contributed by atoms with van der Waals surface area (Å²) in [7, 11) is 0. The molecule has 3 N–H and O–H groups in total. The van der Waals surface area contributed by atoms with Crippen LogP contribution in [0.2, 0.25) is 0 Å². The number of likely N-dealkylation sites (tertiary alicyclic amines) is 1. The molecule has 3 heterocycles. The summed E-state index contributed by atoms with van der Waals surface area (Å²) in [5, 5.41) is 5.61. The lowest BCUT2D eigenvalue weighted by atomic mass is 9.93. The molecule has 4 rings (SSSR count). The summed E-state index contributed by atoms with van der Waals surface area (Å²) < 4.78 is 13.9. The normalized spacial score (nSPS) is 18.0. The predicted molar refractivity (Wildman–Crippen MR) is 98.0 cm³/mol. The van der Waals surface area contributed by atoms with Crippen LogP contribution in [-0.4, -0.2) is 40.4 Å². The van der Waals surface area contributed by atoms with Crippen molar-refractivity contribution in [2.45, 2.75) is 18.5 Å². The van der Waals surface area contributed by atoms with Gasteiger partial charge in [0.1, 0.15) is 17.3 Å². The summed E-state index contributed by atoms with van der Waals surface area (Å²) >= 11 is 1.34. The van der Waals surface area contributed by atoms with Crippen LogP contribution in [0.15, 0.2) is 34.8 Å². The fraction of sp³-hybridized carbons (Fsp3) is 0.312. The Bertz CT molecular complexity index is 818.